The third-order valence-electron chi connectivity index (χ3n) is 5.83. The first-order valence-corrected chi connectivity index (χ1v) is 12.3. The number of unbranched alkanes of at least 4 members (excludes halogenated alkanes) is 9. The minimum atomic E-state index is -0.347. The van der Waals surface area contributed by atoms with Crippen molar-refractivity contribution in [3.8, 4) is 0 Å². The summed E-state index contributed by atoms with van der Waals surface area (Å²) < 4.78 is 5.55. The van der Waals surface area contributed by atoms with Crippen LogP contribution >= 0.6 is 0 Å². The van der Waals surface area contributed by atoms with Crippen LogP contribution in [-0.4, -0.2) is 29.1 Å². The van der Waals surface area contributed by atoms with Crippen LogP contribution in [0.4, 0.5) is 0 Å². The summed E-state index contributed by atoms with van der Waals surface area (Å²) in [5, 5.41) is 9.93. The summed E-state index contributed by atoms with van der Waals surface area (Å²) in [4.78, 5) is 24.1. The van der Waals surface area contributed by atoms with Gasteiger partial charge in [-0.1, -0.05) is 84.5 Å². The molecule has 0 saturated carbocycles. The highest BCUT2D eigenvalue weighted by Crippen LogP contribution is 2.20. The van der Waals surface area contributed by atoms with Gasteiger partial charge in [0, 0.05) is 6.42 Å². The molecule has 0 aromatic heterocycles. The van der Waals surface area contributed by atoms with Crippen LogP contribution in [0.25, 0.3) is 0 Å². The van der Waals surface area contributed by atoms with E-state index < -0.39 is 0 Å². The lowest BCUT2D eigenvalue weighted by Gasteiger charge is -2.22. The first kappa shape index (κ1) is 28.1. The van der Waals surface area contributed by atoms with Gasteiger partial charge in [0.25, 0.3) is 0 Å². The van der Waals surface area contributed by atoms with Crippen molar-refractivity contribution >= 4 is 11.8 Å². The molecule has 172 valence electrons. The van der Waals surface area contributed by atoms with Crippen molar-refractivity contribution in [3.63, 3.8) is 0 Å². The molecule has 29 heavy (non-hydrogen) atoms. The molecule has 0 spiro atoms. The number of aliphatic hydroxyl groups excluding tert-OH is 1. The number of ketones is 1. The van der Waals surface area contributed by atoms with Crippen molar-refractivity contribution < 1.29 is 19.4 Å². The van der Waals surface area contributed by atoms with Crippen LogP contribution in [0.1, 0.15) is 130 Å². The minimum absolute atomic E-state index is 0.117. The first-order chi connectivity index (χ1) is 13.9. The SMILES string of the molecule is CCCCCCCCCC(C(C)=O)C(C)OC(=O)CCCCC(O)CCCCC. The minimum Gasteiger partial charge on any atom is -0.462 e. The van der Waals surface area contributed by atoms with Crippen LogP contribution in [0.2, 0.25) is 0 Å². The number of rotatable bonds is 20. The van der Waals surface area contributed by atoms with E-state index in [1.54, 1.807) is 6.92 Å². The standard InChI is InChI=1S/C25H48O4/c1-5-7-9-10-11-12-14-19-24(21(3)26)22(4)29-25(28)20-16-15-18-23(27)17-13-8-6-2/h22-24,27H,5-20H2,1-4H3. The largest absolute Gasteiger partial charge is 0.462 e. The van der Waals surface area contributed by atoms with Gasteiger partial charge in [-0.25, -0.2) is 0 Å². The van der Waals surface area contributed by atoms with Gasteiger partial charge in [0.15, 0.2) is 0 Å². The van der Waals surface area contributed by atoms with Crippen LogP contribution in [0.5, 0.6) is 0 Å². The predicted molar refractivity (Wildman–Crippen MR) is 121 cm³/mol. The number of carbonyl (C=O) groups excluding carboxylic acids is 2. The van der Waals surface area contributed by atoms with Crippen LogP contribution < -0.4 is 0 Å². The Labute approximate surface area is 180 Å². The number of carbonyl (C=O) groups is 2. The summed E-state index contributed by atoms with van der Waals surface area (Å²) in [6, 6.07) is 0. The molecule has 1 N–H and O–H groups in total. The monoisotopic (exact) mass is 412 g/mol. The van der Waals surface area contributed by atoms with E-state index in [-0.39, 0.29) is 29.9 Å². The highest BCUT2D eigenvalue weighted by molar-refractivity contribution is 5.79. The lowest BCUT2D eigenvalue weighted by atomic mass is 9.92. The molecule has 3 atom stereocenters. The maximum atomic E-state index is 12.1. The zero-order chi connectivity index (χ0) is 21.9. The van der Waals surface area contributed by atoms with Gasteiger partial charge < -0.3 is 9.84 Å². The number of esters is 1. The van der Waals surface area contributed by atoms with Crippen molar-refractivity contribution in [2.24, 2.45) is 5.92 Å². The average molecular weight is 413 g/mol. The number of Topliss-reactive ketones (excluding diaryl/α,β-unsaturated/α-hetero) is 1. The highest BCUT2D eigenvalue weighted by Gasteiger charge is 2.24. The Morgan fingerprint density at radius 2 is 1.24 bits per heavy atom. The predicted octanol–water partition coefficient (Wildman–Crippen LogP) is 6.77. The van der Waals surface area contributed by atoms with Gasteiger partial charge in [-0.05, 0) is 39.5 Å². The molecule has 0 rings (SSSR count). The third kappa shape index (κ3) is 16.6. The summed E-state index contributed by atoms with van der Waals surface area (Å²) >= 11 is 0. The lowest BCUT2D eigenvalue weighted by molar-refractivity contribution is -0.152. The van der Waals surface area contributed by atoms with Crippen LogP contribution in [-0.2, 0) is 14.3 Å². The number of aliphatic hydroxyl groups is 1. The Balaban J connectivity index is 3.97. The van der Waals surface area contributed by atoms with Gasteiger partial charge in [-0.15, -0.1) is 0 Å². The molecule has 3 unspecified atom stereocenters. The average Bonchev–Trinajstić information content (AvgIpc) is 2.67. The molecule has 0 radical (unpaired) electrons. The fourth-order valence-electron chi connectivity index (χ4n) is 3.86. The van der Waals surface area contributed by atoms with E-state index in [9.17, 15) is 14.7 Å². The van der Waals surface area contributed by atoms with Crippen molar-refractivity contribution in [3.05, 3.63) is 0 Å². The molecule has 4 nitrogen and oxygen atoms in total. The molecule has 0 fully saturated rings. The van der Waals surface area contributed by atoms with Crippen molar-refractivity contribution in [2.45, 2.75) is 143 Å². The highest BCUT2D eigenvalue weighted by atomic mass is 16.5. The maximum Gasteiger partial charge on any atom is 0.306 e. The molecule has 0 bridgehead atoms. The van der Waals surface area contributed by atoms with Crippen molar-refractivity contribution in [2.75, 3.05) is 0 Å². The fraction of sp³-hybridized carbons (Fsp3) is 0.920. The van der Waals surface area contributed by atoms with E-state index in [1.807, 2.05) is 6.92 Å². The van der Waals surface area contributed by atoms with Crippen LogP contribution in [0, 0.1) is 5.92 Å². The Morgan fingerprint density at radius 1 is 0.759 bits per heavy atom. The number of ether oxygens (including phenoxy) is 1. The van der Waals surface area contributed by atoms with Gasteiger partial charge >= 0.3 is 5.97 Å². The summed E-state index contributed by atoms with van der Waals surface area (Å²) in [7, 11) is 0. The maximum absolute atomic E-state index is 12.1. The summed E-state index contributed by atoms with van der Waals surface area (Å²) in [6.45, 7) is 7.83. The number of hydrogen-bond donors (Lipinski definition) is 1. The van der Waals surface area contributed by atoms with E-state index in [0.29, 0.717) is 6.42 Å². The van der Waals surface area contributed by atoms with Gasteiger partial charge in [-0.2, -0.15) is 0 Å². The Hall–Kier alpha value is -0.900. The summed E-state index contributed by atoms with van der Waals surface area (Å²) in [5.74, 6) is -0.287. The molecule has 0 saturated heterocycles. The molecule has 0 amide bonds. The molecule has 0 aliphatic heterocycles. The fourth-order valence-corrected chi connectivity index (χ4v) is 3.86. The normalized spacial score (nSPS) is 14.4. The summed E-state index contributed by atoms with van der Waals surface area (Å²) in [5.41, 5.74) is 0. The van der Waals surface area contributed by atoms with Gasteiger partial charge in [0.2, 0.25) is 0 Å². The Bertz CT molecular complexity index is 408. The molecular formula is C25H48O4. The zero-order valence-corrected chi connectivity index (χ0v) is 19.7. The van der Waals surface area contributed by atoms with E-state index in [0.717, 1.165) is 64.2 Å². The van der Waals surface area contributed by atoms with Crippen LogP contribution in [0.3, 0.4) is 0 Å². The molecule has 0 aromatic rings. The molecule has 4 heteroatoms. The molecule has 0 aromatic carbocycles. The second-order valence-electron chi connectivity index (χ2n) is 8.72. The van der Waals surface area contributed by atoms with E-state index in [1.165, 1.54) is 32.1 Å². The smallest absolute Gasteiger partial charge is 0.306 e. The van der Waals surface area contributed by atoms with Crippen molar-refractivity contribution in [1.82, 2.24) is 0 Å². The zero-order valence-electron chi connectivity index (χ0n) is 19.7. The molecule has 0 heterocycles. The second kappa shape index (κ2) is 19.1. The molecular weight excluding hydrogens is 364 g/mol. The molecule has 0 aliphatic carbocycles. The topological polar surface area (TPSA) is 63.6 Å². The molecule has 0 aliphatic rings. The van der Waals surface area contributed by atoms with Gasteiger partial charge in [0.1, 0.15) is 11.9 Å². The first-order valence-electron chi connectivity index (χ1n) is 12.3. The van der Waals surface area contributed by atoms with Crippen molar-refractivity contribution in [1.29, 1.82) is 0 Å². The van der Waals surface area contributed by atoms with E-state index >= 15 is 0 Å². The third-order valence-corrected chi connectivity index (χ3v) is 5.83. The lowest BCUT2D eigenvalue weighted by Crippen LogP contribution is -2.29. The van der Waals surface area contributed by atoms with Gasteiger partial charge in [0.05, 0.1) is 12.0 Å². The van der Waals surface area contributed by atoms with Crippen LogP contribution in [0.15, 0.2) is 0 Å². The second-order valence-corrected chi connectivity index (χ2v) is 8.72. The quantitative estimate of drug-likeness (QED) is 0.177. The Morgan fingerprint density at radius 3 is 1.83 bits per heavy atom. The van der Waals surface area contributed by atoms with E-state index in [2.05, 4.69) is 13.8 Å². The van der Waals surface area contributed by atoms with Gasteiger partial charge in [-0.3, -0.25) is 9.59 Å². The summed E-state index contributed by atoms with van der Waals surface area (Å²) in [6.07, 6.45) is 15.7. The van der Waals surface area contributed by atoms with E-state index in [4.69, 9.17) is 4.74 Å². The number of hydrogen-bond acceptors (Lipinski definition) is 4. The Kier molecular flexibility index (Phi) is 18.5.